The van der Waals surface area contributed by atoms with Crippen molar-refractivity contribution in [3.63, 3.8) is 0 Å². The standard InChI is InChI=1S/C27H31FN4O3/c1-17-15-31(16-18(2)35-17)24-10-7-19(13-22(24)28)14-29-26(33)12-11-25-30-23-6-4-3-5-21(23)27(34)32(25)20-8-9-20/h3-7,10,13,17-18,20H,8-9,11-12,14-16H2,1-2H3,(H,29,33). The molecule has 2 aromatic carbocycles. The molecule has 184 valence electrons. The molecular formula is C27H31FN4O3. The Morgan fingerprint density at radius 2 is 1.89 bits per heavy atom. The van der Waals surface area contributed by atoms with Crippen molar-refractivity contribution in [2.24, 2.45) is 0 Å². The Kier molecular flexibility index (Phi) is 6.56. The number of carbonyl (C=O) groups excluding carboxylic acids is 1. The number of benzene rings is 2. The molecular weight excluding hydrogens is 447 g/mol. The first kappa shape index (κ1) is 23.5. The highest BCUT2D eigenvalue weighted by atomic mass is 19.1. The lowest BCUT2D eigenvalue weighted by atomic mass is 10.1. The predicted octanol–water partition coefficient (Wildman–Crippen LogP) is 3.73. The number of halogens is 1. The van der Waals surface area contributed by atoms with Crippen molar-refractivity contribution in [3.8, 4) is 0 Å². The summed E-state index contributed by atoms with van der Waals surface area (Å²) in [5.41, 5.74) is 1.88. The van der Waals surface area contributed by atoms with Crippen molar-refractivity contribution < 1.29 is 13.9 Å². The predicted molar refractivity (Wildman–Crippen MR) is 133 cm³/mol. The van der Waals surface area contributed by atoms with E-state index < -0.39 is 0 Å². The molecule has 0 radical (unpaired) electrons. The number of hydrogen-bond donors (Lipinski definition) is 1. The van der Waals surface area contributed by atoms with Gasteiger partial charge in [-0.1, -0.05) is 18.2 Å². The Hall–Kier alpha value is -3.26. The van der Waals surface area contributed by atoms with Gasteiger partial charge in [-0.25, -0.2) is 9.37 Å². The molecule has 1 saturated heterocycles. The van der Waals surface area contributed by atoms with Gasteiger partial charge in [-0.2, -0.15) is 0 Å². The second-order valence-corrected chi connectivity index (χ2v) is 9.68. The zero-order chi connectivity index (χ0) is 24.5. The molecule has 1 aliphatic heterocycles. The van der Waals surface area contributed by atoms with Crippen molar-refractivity contribution >= 4 is 22.5 Å². The molecule has 1 aromatic heterocycles. The number of carbonyl (C=O) groups is 1. The van der Waals surface area contributed by atoms with Crippen LogP contribution in [0.2, 0.25) is 0 Å². The molecule has 1 N–H and O–H groups in total. The normalized spacial score (nSPS) is 20.3. The topological polar surface area (TPSA) is 76.5 Å². The number of para-hydroxylation sites is 1. The van der Waals surface area contributed by atoms with Crippen LogP contribution >= 0.6 is 0 Å². The van der Waals surface area contributed by atoms with Gasteiger partial charge in [0.25, 0.3) is 5.56 Å². The third-order valence-corrected chi connectivity index (χ3v) is 6.63. The Morgan fingerprint density at radius 3 is 2.60 bits per heavy atom. The molecule has 3 aromatic rings. The number of anilines is 1. The molecule has 2 heterocycles. The van der Waals surface area contributed by atoms with E-state index in [1.54, 1.807) is 16.7 Å². The molecule has 2 fully saturated rings. The molecule has 0 spiro atoms. The molecule has 0 bridgehead atoms. The lowest BCUT2D eigenvalue weighted by molar-refractivity contribution is -0.121. The first-order valence-electron chi connectivity index (χ1n) is 12.3. The maximum Gasteiger partial charge on any atom is 0.261 e. The van der Waals surface area contributed by atoms with Crippen LogP contribution in [0.4, 0.5) is 10.1 Å². The molecule has 8 heteroatoms. The fourth-order valence-electron chi connectivity index (χ4n) is 4.88. The highest BCUT2D eigenvalue weighted by Gasteiger charge is 2.28. The summed E-state index contributed by atoms with van der Waals surface area (Å²) < 4.78 is 22.3. The zero-order valence-electron chi connectivity index (χ0n) is 20.2. The van der Waals surface area contributed by atoms with Gasteiger partial charge in [0.05, 0.1) is 28.8 Å². The van der Waals surface area contributed by atoms with Crippen LogP contribution < -0.4 is 15.8 Å². The van der Waals surface area contributed by atoms with Crippen molar-refractivity contribution in [1.29, 1.82) is 0 Å². The van der Waals surface area contributed by atoms with Crippen LogP contribution in [0, 0.1) is 5.82 Å². The second-order valence-electron chi connectivity index (χ2n) is 9.68. The zero-order valence-corrected chi connectivity index (χ0v) is 20.2. The van der Waals surface area contributed by atoms with E-state index in [1.807, 2.05) is 43.0 Å². The number of fused-ring (bicyclic) bond motifs is 1. The number of nitrogens with zero attached hydrogens (tertiary/aromatic N) is 3. The van der Waals surface area contributed by atoms with Crippen LogP contribution in [0.5, 0.6) is 0 Å². The molecule has 1 amide bonds. The summed E-state index contributed by atoms with van der Waals surface area (Å²) in [4.78, 5) is 32.2. The largest absolute Gasteiger partial charge is 0.372 e. The molecule has 35 heavy (non-hydrogen) atoms. The first-order valence-corrected chi connectivity index (χ1v) is 12.3. The minimum Gasteiger partial charge on any atom is -0.372 e. The number of amides is 1. The van der Waals surface area contributed by atoms with Gasteiger partial charge >= 0.3 is 0 Å². The van der Waals surface area contributed by atoms with Gasteiger partial charge < -0.3 is 15.0 Å². The first-order chi connectivity index (χ1) is 16.9. The second kappa shape index (κ2) is 9.77. The highest BCUT2D eigenvalue weighted by Crippen LogP contribution is 2.35. The number of ether oxygens (including phenoxy) is 1. The summed E-state index contributed by atoms with van der Waals surface area (Å²) in [6.07, 6.45) is 2.60. The lowest BCUT2D eigenvalue weighted by Gasteiger charge is -2.37. The SMILES string of the molecule is CC1CN(c2ccc(CNC(=O)CCc3nc4ccccc4c(=O)n3C3CC3)cc2F)CC(C)O1. The third kappa shape index (κ3) is 5.22. The van der Waals surface area contributed by atoms with Crippen LogP contribution in [0.15, 0.2) is 47.3 Å². The van der Waals surface area contributed by atoms with Crippen molar-refractivity contribution in [2.45, 2.75) is 64.3 Å². The average molecular weight is 479 g/mol. The monoisotopic (exact) mass is 478 g/mol. The summed E-state index contributed by atoms with van der Waals surface area (Å²) >= 11 is 0. The van der Waals surface area contributed by atoms with E-state index in [-0.39, 0.29) is 48.5 Å². The van der Waals surface area contributed by atoms with Gasteiger partial charge in [0.1, 0.15) is 11.6 Å². The van der Waals surface area contributed by atoms with Gasteiger partial charge in [0.2, 0.25) is 5.91 Å². The Morgan fingerprint density at radius 1 is 1.14 bits per heavy atom. The van der Waals surface area contributed by atoms with E-state index in [1.165, 1.54) is 6.07 Å². The van der Waals surface area contributed by atoms with Crippen LogP contribution in [-0.2, 0) is 22.5 Å². The van der Waals surface area contributed by atoms with E-state index in [4.69, 9.17) is 4.74 Å². The fraction of sp³-hybridized carbons (Fsp3) is 0.444. The van der Waals surface area contributed by atoms with E-state index in [0.29, 0.717) is 47.5 Å². The van der Waals surface area contributed by atoms with Crippen LogP contribution in [0.3, 0.4) is 0 Å². The lowest BCUT2D eigenvalue weighted by Crippen LogP contribution is -2.45. The van der Waals surface area contributed by atoms with Gasteiger partial charge in [0.15, 0.2) is 0 Å². The molecule has 1 aliphatic carbocycles. The van der Waals surface area contributed by atoms with Crippen molar-refractivity contribution in [1.82, 2.24) is 14.9 Å². The minimum absolute atomic E-state index is 0.0341. The third-order valence-electron chi connectivity index (χ3n) is 6.63. The van der Waals surface area contributed by atoms with E-state index >= 15 is 0 Å². The number of rotatable bonds is 7. The summed E-state index contributed by atoms with van der Waals surface area (Å²) in [7, 11) is 0. The van der Waals surface area contributed by atoms with Gasteiger partial charge in [-0.3, -0.25) is 14.2 Å². The van der Waals surface area contributed by atoms with Crippen molar-refractivity contribution in [2.75, 3.05) is 18.0 Å². The Labute approximate surface area is 203 Å². The van der Waals surface area contributed by atoms with Crippen LogP contribution in [-0.4, -0.2) is 40.8 Å². The summed E-state index contributed by atoms with van der Waals surface area (Å²) in [6, 6.07) is 12.6. The quantitative estimate of drug-likeness (QED) is 0.560. The minimum atomic E-state index is -0.299. The van der Waals surface area contributed by atoms with E-state index in [0.717, 1.165) is 12.8 Å². The molecule has 2 atom stereocenters. The van der Waals surface area contributed by atoms with E-state index in [2.05, 4.69) is 10.3 Å². The molecule has 7 nitrogen and oxygen atoms in total. The number of aryl methyl sites for hydroxylation is 1. The highest BCUT2D eigenvalue weighted by molar-refractivity contribution is 5.78. The number of aromatic nitrogens is 2. The molecule has 2 aliphatic rings. The number of hydrogen-bond acceptors (Lipinski definition) is 5. The summed E-state index contributed by atoms with van der Waals surface area (Å²) in [5.74, 6) is 0.192. The molecule has 1 saturated carbocycles. The van der Waals surface area contributed by atoms with Gasteiger partial charge in [-0.05, 0) is 56.5 Å². The maximum atomic E-state index is 14.8. The average Bonchev–Trinajstić information content (AvgIpc) is 3.66. The maximum absolute atomic E-state index is 14.8. The smallest absolute Gasteiger partial charge is 0.261 e. The fourth-order valence-corrected chi connectivity index (χ4v) is 4.88. The van der Waals surface area contributed by atoms with Crippen molar-refractivity contribution in [3.05, 3.63) is 70.0 Å². The van der Waals surface area contributed by atoms with Crippen LogP contribution in [0.1, 0.15) is 50.5 Å². The molecule has 5 rings (SSSR count). The Balaban J connectivity index is 1.21. The van der Waals surface area contributed by atoms with E-state index in [9.17, 15) is 14.0 Å². The summed E-state index contributed by atoms with van der Waals surface area (Å²) in [6.45, 7) is 5.51. The Bertz CT molecular complexity index is 1290. The van der Waals surface area contributed by atoms with Gasteiger partial charge in [0, 0.05) is 38.5 Å². The molecule has 2 unspecified atom stereocenters. The summed E-state index contributed by atoms with van der Waals surface area (Å²) in [5, 5.41) is 3.48. The van der Waals surface area contributed by atoms with Crippen LogP contribution in [0.25, 0.3) is 10.9 Å². The van der Waals surface area contributed by atoms with Gasteiger partial charge in [-0.15, -0.1) is 0 Å². The number of nitrogens with one attached hydrogen (secondary N) is 1. The number of morpholine rings is 1.